The summed E-state index contributed by atoms with van der Waals surface area (Å²) in [6.07, 6.45) is -0.640. The third-order valence-corrected chi connectivity index (χ3v) is 5.35. The number of amides is 1. The molecule has 1 amide bonds. The number of hydrogen-bond acceptors (Lipinski definition) is 5. The van der Waals surface area contributed by atoms with E-state index in [4.69, 9.17) is 16.4 Å². The van der Waals surface area contributed by atoms with E-state index in [1.54, 1.807) is 19.1 Å². The second-order valence-electron chi connectivity index (χ2n) is 5.99. The molecule has 0 aliphatic heterocycles. The summed E-state index contributed by atoms with van der Waals surface area (Å²) in [6, 6.07) is 14.9. The molecule has 7 heteroatoms. The highest BCUT2D eigenvalue weighted by Gasteiger charge is 2.13. The summed E-state index contributed by atoms with van der Waals surface area (Å²) in [5.41, 5.74) is 4.15. The third-order valence-electron chi connectivity index (χ3n) is 3.78. The van der Waals surface area contributed by atoms with Crippen LogP contribution in [-0.2, 0) is 4.84 Å². The zero-order chi connectivity index (χ0) is 19.4. The summed E-state index contributed by atoms with van der Waals surface area (Å²) in [5, 5.41) is 8.12. The monoisotopic (exact) mass is 399 g/mol. The van der Waals surface area contributed by atoms with E-state index in [2.05, 4.69) is 15.5 Å². The van der Waals surface area contributed by atoms with Gasteiger partial charge in [-0.1, -0.05) is 46.6 Å². The van der Waals surface area contributed by atoms with Crippen LogP contribution in [0.15, 0.2) is 53.7 Å². The minimum absolute atomic E-state index is 0.587. The lowest BCUT2D eigenvalue weighted by Gasteiger charge is -2.03. The van der Waals surface area contributed by atoms with E-state index in [9.17, 15) is 4.79 Å². The molecule has 0 aliphatic rings. The van der Waals surface area contributed by atoms with Gasteiger partial charge in [-0.15, -0.1) is 11.3 Å². The molecule has 3 aromatic rings. The molecular formula is C20H18ClN3O2S. The third kappa shape index (κ3) is 4.93. The average Bonchev–Trinajstić information content (AvgIpc) is 3.04. The highest BCUT2D eigenvalue weighted by atomic mass is 35.5. The number of oxime groups is 1. The molecule has 0 spiro atoms. The zero-order valence-electron chi connectivity index (χ0n) is 15.1. The number of rotatable bonds is 4. The van der Waals surface area contributed by atoms with Gasteiger partial charge in [0, 0.05) is 16.3 Å². The number of carbonyl (C=O) groups is 1. The molecule has 0 atom stereocenters. The average molecular weight is 400 g/mol. The van der Waals surface area contributed by atoms with Crippen molar-refractivity contribution in [2.75, 3.05) is 5.32 Å². The van der Waals surface area contributed by atoms with Crippen LogP contribution in [0.5, 0.6) is 0 Å². The highest BCUT2D eigenvalue weighted by molar-refractivity contribution is 7.17. The Labute approximate surface area is 166 Å². The van der Waals surface area contributed by atoms with Crippen molar-refractivity contribution in [2.24, 2.45) is 5.16 Å². The quantitative estimate of drug-likeness (QED) is 0.330. The van der Waals surface area contributed by atoms with Crippen molar-refractivity contribution in [3.8, 4) is 10.6 Å². The second kappa shape index (κ2) is 8.33. The molecule has 0 aliphatic carbocycles. The Balaban J connectivity index is 1.69. The molecular weight excluding hydrogens is 382 g/mol. The number of anilines is 1. The first-order valence-electron chi connectivity index (χ1n) is 8.25. The maximum absolute atomic E-state index is 11.9. The van der Waals surface area contributed by atoms with Crippen LogP contribution in [0, 0.1) is 13.8 Å². The number of benzene rings is 2. The van der Waals surface area contributed by atoms with Crippen molar-refractivity contribution < 1.29 is 9.63 Å². The lowest BCUT2D eigenvalue weighted by Crippen LogP contribution is -2.11. The van der Waals surface area contributed by atoms with Gasteiger partial charge in [-0.05, 0) is 45.0 Å². The largest absolute Gasteiger partial charge is 0.437 e. The normalized spacial score (nSPS) is 11.3. The Kier molecular flexibility index (Phi) is 5.88. The SMILES string of the molecule is CC(=NOC(=O)Nc1ccc(C)cc1)c1sc(-c2ccc(Cl)cc2)nc1C. The van der Waals surface area contributed by atoms with Crippen molar-refractivity contribution >= 4 is 40.4 Å². The number of halogens is 1. The summed E-state index contributed by atoms with van der Waals surface area (Å²) in [4.78, 5) is 22.3. The van der Waals surface area contributed by atoms with E-state index in [-0.39, 0.29) is 0 Å². The van der Waals surface area contributed by atoms with Crippen LogP contribution in [0.3, 0.4) is 0 Å². The Morgan fingerprint density at radius 2 is 1.78 bits per heavy atom. The molecule has 0 bridgehead atoms. The maximum Gasteiger partial charge on any atom is 0.437 e. The highest BCUT2D eigenvalue weighted by Crippen LogP contribution is 2.29. The minimum Gasteiger partial charge on any atom is -0.297 e. The second-order valence-corrected chi connectivity index (χ2v) is 7.42. The number of aryl methyl sites for hydroxylation is 2. The Bertz CT molecular complexity index is 979. The van der Waals surface area contributed by atoms with Crippen LogP contribution in [0.4, 0.5) is 10.5 Å². The first kappa shape index (κ1) is 19.1. The van der Waals surface area contributed by atoms with E-state index in [1.165, 1.54) is 11.3 Å². The maximum atomic E-state index is 11.9. The number of aromatic nitrogens is 1. The Morgan fingerprint density at radius 3 is 2.44 bits per heavy atom. The molecule has 1 heterocycles. The summed E-state index contributed by atoms with van der Waals surface area (Å²) in [6.45, 7) is 5.66. The van der Waals surface area contributed by atoms with Gasteiger partial charge in [0.05, 0.1) is 16.3 Å². The number of thiazole rings is 1. The molecule has 0 saturated carbocycles. The van der Waals surface area contributed by atoms with Crippen LogP contribution in [0.25, 0.3) is 10.6 Å². The van der Waals surface area contributed by atoms with Crippen molar-refractivity contribution in [3.63, 3.8) is 0 Å². The van der Waals surface area contributed by atoms with Gasteiger partial charge in [-0.3, -0.25) is 10.2 Å². The molecule has 27 heavy (non-hydrogen) atoms. The van der Waals surface area contributed by atoms with E-state index in [0.717, 1.165) is 26.7 Å². The molecule has 0 unspecified atom stereocenters. The van der Waals surface area contributed by atoms with Crippen LogP contribution >= 0.6 is 22.9 Å². The molecule has 138 valence electrons. The smallest absolute Gasteiger partial charge is 0.297 e. The van der Waals surface area contributed by atoms with Crippen LogP contribution in [0.2, 0.25) is 5.02 Å². The number of hydrogen-bond donors (Lipinski definition) is 1. The fourth-order valence-electron chi connectivity index (χ4n) is 2.38. The summed E-state index contributed by atoms with van der Waals surface area (Å²) >= 11 is 7.42. The fraction of sp³-hybridized carbons (Fsp3) is 0.150. The standard InChI is InChI=1S/C20H18ClN3O2S/c1-12-4-10-17(11-5-12)23-20(25)26-24-14(3)18-13(2)22-19(27-18)15-6-8-16(21)9-7-15/h4-11H,1-3H3,(H,23,25). The first-order valence-corrected chi connectivity index (χ1v) is 9.45. The Morgan fingerprint density at radius 1 is 1.11 bits per heavy atom. The lowest BCUT2D eigenvalue weighted by atomic mass is 10.2. The van der Waals surface area contributed by atoms with Crippen molar-refractivity contribution in [1.29, 1.82) is 0 Å². The lowest BCUT2D eigenvalue weighted by molar-refractivity contribution is 0.166. The van der Waals surface area contributed by atoms with E-state index < -0.39 is 6.09 Å². The molecule has 1 aromatic heterocycles. The van der Waals surface area contributed by atoms with Gasteiger partial charge in [0.2, 0.25) is 0 Å². The predicted molar refractivity (Wildman–Crippen MR) is 111 cm³/mol. The summed E-state index contributed by atoms with van der Waals surface area (Å²) in [5.74, 6) is 0. The predicted octanol–water partition coefficient (Wildman–Crippen LogP) is 6.05. The van der Waals surface area contributed by atoms with Gasteiger partial charge in [-0.25, -0.2) is 9.78 Å². The molecule has 1 N–H and O–H groups in total. The van der Waals surface area contributed by atoms with Gasteiger partial charge in [0.15, 0.2) is 0 Å². The molecule has 0 fully saturated rings. The van der Waals surface area contributed by atoms with E-state index in [1.807, 2.05) is 50.2 Å². The molecule has 5 nitrogen and oxygen atoms in total. The van der Waals surface area contributed by atoms with Crippen LogP contribution in [0.1, 0.15) is 23.1 Å². The number of carbonyl (C=O) groups excluding carboxylic acids is 1. The first-order chi connectivity index (χ1) is 12.9. The van der Waals surface area contributed by atoms with Gasteiger partial charge in [0.1, 0.15) is 5.01 Å². The van der Waals surface area contributed by atoms with Gasteiger partial charge >= 0.3 is 6.09 Å². The molecule has 3 rings (SSSR count). The van der Waals surface area contributed by atoms with Gasteiger partial charge < -0.3 is 0 Å². The number of nitrogens with one attached hydrogen (secondary N) is 1. The van der Waals surface area contributed by atoms with Crippen LogP contribution < -0.4 is 5.32 Å². The minimum atomic E-state index is -0.640. The van der Waals surface area contributed by atoms with Crippen molar-refractivity contribution in [2.45, 2.75) is 20.8 Å². The molecule has 0 radical (unpaired) electrons. The van der Waals surface area contributed by atoms with E-state index >= 15 is 0 Å². The van der Waals surface area contributed by atoms with Gasteiger partial charge in [-0.2, -0.15) is 0 Å². The van der Waals surface area contributed by atoms with E-state index in [0.29, 0.717) is 16.4 Å². The van der Waals surface area contributed by atoms with Gasteiger partial charge in [0.25, 0.3) is 0 Å². The molecule has 0 saturated heterocycles. The van der Waals surface area contributed by atoms with Crippen molar-refractivity contribution in [3.05, 3.63) is 69.7 Å². The summed E-state index contributed by atoms with van der Waals surface area (Å²) in [7, 11) is 0. The number of nitrogens with zero attached hydrogens (tertiary/aromatic N) is 2. The zero-order valence-corrected chi connectivity index (χ0v) is 16.7. The Hall–Kier alpha value is -2.70. The van der Waals surface area contributed by atoms with Crippen LogP contribution in [-0.4, -0.2) is 16.8 Å². The summed E-state index contributed by atoms with van der Waals surface area (Å²) < 4.78 is 0. The topological polar surface area (TPSA) is 63.6 Å². The molecule has 2 aromatic carbocycles. The fourth-order valence-corrected chi connectivity index (χ4v) is 3.51. The van der Waals surface area contributed by atoms with Crippen molar-refractivity contribution in [1.82, 2.24) is 4.98 Å².